The van der Waals surface area contributed by atoms with Crippen molar-refractivity contribution in [1.29, 1.82) is 0 Å². The molecule has 3 atom stereocenters. The van der Waals surface area contributed by atoms with Gasteiger partial charge in [0.25, 0.3) is 5.69 Å². The molecule has 0 spiro atoms. The molecule has 2 aliphatic rings. The molecule has 1 aliphatic heterocycles. The third kappa shape index (κ3) is 4.65. The van der Waals surface area contributed by atoms with Crippen molar-refractivity contribution in [2.45, 2.75) is 26.2 Å². The average Bonchev–Trinajstić information content (AvgIpc) is 2.78. The molecule has 1 aliphatic carbocycles. The van der Waals surface area contributed by atoms with Crippen LogP contribution >= 0.6 is 0 Å². The zero-order valence-corrected chi connectivity index (χ0v) is 18.9. The molecular weight excluding hydrogens is 432 g/mol. The normalized spacial score (nSPS) is 22.4. The average molecular weight is 458 g/mol. The summed E-state index contributed by atoms with van der Waals surface area (Å²) in [6.07, 6.45) is 0.371. The molecule has 10 heteroatoms. The second-order valence-electron chi connectivity index (χ2n) is 8.02. The first-order valence-corrected chi connectivity index (χ1v) is 10.4. The van der Waals surface area contributed by atoms with Gasteiger partial charge in [-0.2, -0.15) is 0 Å². The lowest BCUT2D eigenvalue weighted by molar-refractivity contribution is -0.384. The van der Waals surface area contributed by atoms with E-state index in [-0.39, 0.29) is 36.0 Å². The molecular formula is C23H26N2O8. The standard InChI is InChI=1S/C23H26N2O8/c1-12-10-16-20(21(26)17(12)22(27)32-4)19(14-6-5-7-15(11-14)25(29)30)18(13(2)24-16)23(28)33-9-8-31-3/h5-7,11-12,17,19,24H,8-10H2,1-4H3/t12-,17-,19-/m1/s1. The van der Waals surface area contributed by atoms with Crippen LogP contribution in [-0.4, -0.2) is 50.1 Å². The second-order valence-corrected chi connectivity index (χ2v) is 8.02. The van der Waals surface area contributed by atoms with Crippen LogP contribution in [0.15, 0.2) is 46.8 Å². The quantitative estimate of drug-likeness (QED) is 0.215. The van der Waals surface area contributed by atoms with E-state index in [0.717, 1.165) is 0 Å². The Hall–Kier alpha value is -3.53. The summed E-state index contributed by atoms with van der Waals surface area (Å²) in [4.78, 5) is 49.9. The van der Waals surface area contributed by atoms with Gasteiger partial charge in [0, 0.05) is 42.1 Å². The number of Topliss-reactive ketones (excluding diaryl/α,β-unsaturated/α-hetero) is 1. The number of non-ortho nitro benzene ring substituents is 1. The van der Waals surface area contributed by atoms with Crippen LogP contribution in [0.1, 0.15) is 31.7 Å². The number of dihydropyridines is 1. The van der Waals surface area contributed by atoms with E-state index >= 15 is 0 Å². The molecule has 0 unspecified atom stereocenters. The molecule has 0 bridgehead atoms. The van der Waals surface area contributed by atoms with Gasteiger partial charge in [0.05, 0.1) is 24.2 Å². The Labute approximate surface area is 190 Å². The van der Waals surface area contributed by atoms with E-state index in [1.165, 1.54) is 32.4 Å². The fourth-order valence-corrected chi connectivity index (χ4v) is 4.40. The number of nitrogens with one attached hydrogen (secondary N) is 1. The number of methoxy groups -OCH3 is 2. The molecule has 0 aromatic heterocycles. The number of carbonyl (C=O) groups is 3. The van der Waals surface area contributed by atoms with Crippen molar-refractivity contribution in [2.24, 2.45) is 11.8 Å². The maximum absolute atomic E-state index is 13.6. The third-order valence-electron chi connectivity index (χ3n) is 5.90. The number of nitro benzene ring substituents is 1. The van der Waals surface area contributed by atoms with Gasteiger partial charge in [-0.25, -0.2) is 4.79 Å². The van der Waals surface area contributed by atoms with Gasteiger partial charge in [0.15, 0.2) is 5.78 Å². The minimum Gasteiger partial charge on any atom is -0.468 e. The number of rotatable bonds is 7. The molecule has 0 fully saturated rings. The highest BCUT2D eigenvalue weighted by atomic mass is 16.6. The molecule has 0 radical (unpaired) electrons. The van der Waals surface area contributed by atoms with E-state index in [1.54, 1.807) is 19.9 Å². The van der Waals surface area contributed by atoms with Crippen molar-refractivity contribution in [2.75, 3.05) is 27.4 Å². The van der Waals surface area contributed by atoms with Crippen LogP contribution in [0.4, 0.5) is 5.69 Å². The molecule has 0 saturated carbocycles. The van der Waals surface area contributed by atoms with Gasteiger partial charge in [-0.1, -0.05) is 19.1 Å². The minimum atomic E-state index is -1.04. The van der Waals surface area contributed by atoms with Gasteiger partial charge in [0.2, 0.25) is 0 Å². The van der Waals surface area contributed by atoms with Gasteiger partial charge < -0.3 is 19.5 Å². The fourth-order valence-electron chi connectivity index (χ4n) is 4.40. The first-order valence-electron chi connectivity index (χ1n) is 10.4. The lowest BCUT2D eigenvalue weighted by atomic mass is 9.69. The first kappa shape index (κ1) is 24.1. The number of nitrogens with zero attached hydrogens (tertiary/aromatic N) is 1. The molecule has 1 aromatic rings. The van der Waals surface area contributed by atoms with E-state index in [0.29, 0.717) is 23.4 Å². The van der Waals surface area contributed by atoms with Gasteiger partial charge in [-0.15, -0.1) is 0 Å². The summed E-state index contributed by atoms with van der Waals surface area (Å²) in [6.45, 7) is 3.64. The number of hydrogen-bond donors (Lipinski definition) is 1. The van der Waals surface area contributed by atoms with E-state index in [4.69, 9.17) is 14.2 Å². The van der Waals surface area contributed by atoms with Crippen molar-refractivity contribution in [1.82, 2.24) is 5.32 Å². The molecule has 1 N–H and O–H groups in total. The van der Waals surface area contributed by atoms with Gasteiger partial charge in [-0.3, -0.25) is 19.7 Å². The predicted molar refractivity (Wildman–Crippen MR) is 116 cm³/mol. The molecule has 1 heterocycles. The van der Waals surface area contributed by atoms with Crippen molar-refractivity contribution < 1.29 is 33.5 Å². The summed E-state index contributed by atoms with van der Waals surface area (Å²) in [5.74, 6) is -4.13. The summed E-state index contributed by atoms with van der Waals surface area (Å²) in [7, 11) is 2.68. The van der Waals surface area contributed by atoms with Crippen LogP contribution in [0.5, 0.6) is 0 Å². The summed E-state index contributed by atoms with van der Waals surface area (Å²) < 4.78 is 15.1. The maximum atomic E-state index is 13.6. The van der Waals surface area contributed by atoms with E-state index in [9.17, 15) is 24.5 Å². The van der Waals surface area contributed by atoms with Crippen molar-refractivity contribution in [3.05, 3.63) is 62.5 Å². The van der Waals surface area contributed by atoms with Crippen LogP contribution < -0.4 is 5.32 Å². The number of carbonyl (C=O) groups excluding carboxylic acids is 3. The topological polar surface area (TPSA) is 134 Å². The van der Waals surface area contributed by atoms with Crippen molar-refractivity contribution >= 4 is 23.4 Å². The zero-order valence-electron chi connectivity index (χ0n) is 18.9. The minimum absolute atomic E-state index is 0.00452. The Morgan fingerprint density at radius 3 is 2.61 bits per heavy atom. The van der Waals surface area contributed by atoms with Crippen molar-refractivity contribution in [3.8, 4) is 0 Å². The number of ketones is 1. The summed E-state index contributed by atoms with van der Waals surface area (Å²) in [5, 5.41) is 14.5. The second kappa shape index (κ2) is 9.95. The van der Waals surface area contributed by atoms with Gasteiger partial charge in [-0.05, 0) is 24.8 Å². The smallest absolute Gasteiger partial charge is 0.336 e. The lowest BCUT2D eigenvalue weighted by Gasteiger charge is -2.38. The monoisotopic (exact) mass is 458 g/mol. The molecule has 3 rings (SSSR count). The highest BCUT2D eigenvalue weighted by Crippen LogP contribution is 2.45. The summed E-state index contributed by atoms with van der Waals surface area (Å²) in [6, 6.07) is 5.76. The van der Waals surface area contributed by atoms with Crippen LogP contribution in [0.3, 0.4) is 0 Å². The third-order valence-corrected chi connectivity index (χ3v) is 5.90. The Balaban J connectivity index is 2.16. The molecule has 176 valence electrons. The van der Waals surface area contributed by atoms with Crippen LogP contribution in [0, 0.1) is 22.0 Å². The molecule has 10 nitrogen and oxygen atoms in total. The maximum Gasteiger partial charge on any atom is 0.336 e. The SMILES string of the molecule is COCCOC(=O)C1=C(C)NC2=C(C(=O)[C@H](C(=O)OC)[C@H](C)C2)[C@@H]1c1cccc([N+](=O)[O-])c1. The molecule has 33 heavy (non-hydrogen) atoms. The Bertz CT molecular complexity index is 1060. The Kier molecular flexibility index (Phi) is 7.27. The number of esters is 2. The van der Waals surface area contributed by atoms with E-state index in [2.05, 4.69) is 5.32 Å². The molecule has 1 aromatic carbocycles. The Morgan fingerprint density at radius 1 is 1.24 bits per heavy atom. The number of allylic oxidation sites excluding steroid dienone is 3. The van der Waals surface area contributed by atoms with E-state index < -0.39 is 34.5 Å². The van der Waals surface area contributed by atoms with Gasteiger partial charge >= 0.3 is 11.9 Å². The molecule has 0 saturated heterocycles. The van der Waals surface area contributed by atoms with E-state index in [1.807, 2.05) is 0 Å². The van der Waals surface area contributed by atoms with Crippen LogP contribution in [0.25, 0.3) is 0 Å². The number of hydrogen-bond acceptors (Lipinski definition) is 9. The van der Waals surface area contributed by atoms with Crippen LogP contribution in [-0.2, 0) is 28.6 Å². The number of benzene rings is 1. The number of ether oxygens (including phenoxy) is 3. The van der Waals surface area contributed by atoms with Crippen LogP contribution in [0.2, 0.25) is 0 Å². The Morgan fingerprint density at radius 2 is 1.97 bits per heavy atom. The molecule has 0 amide bonds. The first-order chi connectivity index (χ1) is 15.7. The van der Waals surface area contributed by atoms with Crippen molar-refractivity contribution in [3.63, 3.8) is 0 Å². The summed E-state index contributed by atoms with van der Waals surface area (Å²) in [5.41, 5.74) is 1.62. The largest absolute Gasteiger partial charge is 0.468 e. The zero-order chi connectivity index (χ0) is 24.3. The van der Waals surface area contributed by atoms with Gasteiger partial charge in [0.1, 0.15) is 12.5 Å². The highest BCUT2D eigenvalue weighted by molar-refractivity contribution is 6.12. The number of nitro groups is 1. The highest BCUT2D eigenvalue weighted by Gasteiger charge is 2.47. The predicted octanol–water partition coefficient (Wildman–Crippen LogP) is 2.40. The fraction of sp³-hybridized carbons (Fsp3) is 0.435. The lowest BCUT2D eigenvalue weighted by Crippen LogP contribution is -2.43. The summed E-state index contributed by atoms with van der Waals surface area (Å²) >= 11 is 0.